The Morgan fingerprint density at radius 3 is 2.59 bits per heavy atom. The number of aryl methyl sites for hydroxylation is 1. The van der Waals surface area contributed by atoms with Crippen LogP contribution in [-0.2, 0) is 7.05 Å². The Morgan fingerprint density at radius 1 is 1.07 bits per heavy atom. The predicted octanol–water partition coefficient (Wildman–Crippen LogP) is 2.74. The number of hydrogen-bond donors (Lipinski definition) is 1. The summed E-state index contributed by atoms with van der Waals surface area (Å²) in [6, 6.07) is 12.6. The van der Waals surface area contributed by atoms with Gasteiger partial charge in [0.2, 0.25) is 0 Å². The van der Waals surface area contributed by atoms with Gasteiger partial charge in [-0.3, -0.25) is 14.4 Å². The fraction of sp³-hybridized carbons (Fsp3) is 0.0526. The van der Waals surface area contributed by atoms with Crippen molar-refractivity contribution in [3.63, 3.8) is 0 Å². The van der Waals surface area contributed by atoms with Gasteiger partial charge in [0.25, 0.3) is 5.91 Å². The van der Waals surface area contributed by atoms with E-state index in [4.69, 9.17) is 0 Å². The zero-order chi connectivity index (χ0) is 19.0. The van der Waals surface area contributed by atoms with Crippen LogP contribution in [0.4, 0.5) is 11.4 Å². The van der Waals surface area contributed by atoms with Crippen LogP contribution in [0.3, 0.4) is 0 Å². The number of para-hydroxylation sites is 1. The largest absolute Gasteiger partial charge is 0.478 e. The number of fused-ring (bicyclic) bond motifs is 1. The molecule has 0 saturated heterocycles. The van der Waals surface area contributed by atoms with Crippen molar-refractivity contribution in [2.24, 2.45) is 7.05 Å². The maximum atomic E-state index is 13.4. The number of carboxylic acids is 1. The monoisotopic (exact) mass is 361 g/mol. The van der Waals surface area contributed by atoms with Gasteiger partial charge in [0.05, 0.1) is 11.9 Å². The van der Waals surface area contributed by atoms with E-state index in [1.54, 1.807) is 49.9 Å². The number of aromatic carboxylic acids is 1. The van der Waals surface area contributed by atoms with E-state index in [9.17, 15) is 14.7 Å². The first kappa shape index (κ1) is 16.5. The fourth-order valence-electron chi connectivity index (χ4n) is 2.95. The van der Waals surface area contributed by atoms with E-state index >= 15 is 0 Å². The van der Waals surface area contributed by atoms with Crippen LogP contribution in [0.1, 0.15) is 20.8 Å². The van der Waals surface area contributed by atoms with Gasteiger partial charge >= 0.3 is 5.97 Å². The highest BCUT2D eigenvalue weighted by Gasteiger charge is 2.28. The Hall–Kier alpha value is -3.94. The van der Waals surface area contributed by atoms with Crippen LogP contribution >= 0.6 is 0 Å². The van der Waals surface area contributed by atoms with Gasteiger partial charge in [0.15, 0.2) is 0 Å². The summed E-state index contributed by atoms with van der Waals surface area (Å²) in [5.74, 6) is -1.70. The molecule has 134 valence electrons. The number of pyridine rings is 1. The molecule has 3 heterocycles. The average molecular weight is 361 g/mol. The summed E-state index contributed by atoms with van der Waals surface area (Å²) in [6.45, 7) is 0. The molecule has 8 nitrogen and oxygen atoms in total. The number of hydrogen-bond acceptors (Lipinski definition) is 4. The van der Waals surface area contributed by atoms with Crippen LogP contribution in [0.2, 0.25) is 0 Å². The third-order valence-corrected chi connectivity index (χ3v) is 4.23. The zero-order valence-electron chi connectivity index (χ0n) is 14.4. The number of carbonyl (C=O) groups excluding carboxylic acids is 1. The van der Waals surface area contributed by atoms with E-state index in [0.717, 1.165) is 0 Å². The van der Waals surface area contributed by atoms with Gasteiger partial charge in [-0.2, -0.15) is 5.10 Å². The standard InChI is InChI=1S/C19H15N5O3/c1-22-17(15(12-21-22)19(26)27)18(25)24(13-5-3-2-4-6-13)14-7-9-23-10-8-20-16(23)11-14/h2-12H,1H3,(H,26,27). The first-order chi connectivity index (χ1) is 13.1. The van der Waals surface area contributed by atoms with E-state index in [-0.39, 0.29) is 11.3 Å². The van der Waals surface area contributed by atoms with Crippen LogP contribution in [0.25, 0.3) is 5.65 Å². The van der Waals surface area contributed by atoms with Crippen LogP contribution in [-0.4, -0.2) is 36.1 Å². The number of nitrogens with zero attached hydrogens (tertiary/aromatic N) is 5. The minimum atomic E-state index is -1.21. The molecule has 1 N–H and O–H groups in total. The molecule has 0 bridgehead atoms. The van der Waals surface area contributed by atoms with Gasteiger partial charge in [0, 0.05) is 37.4 Å². The molecule has 4 rings (SSSR count). The summed E-state index contributed by atoms with van der Waals surface area (Å²) in [5.41, 5.74) is 1.70. The number of imidazole rings is 1. The summed E-state index contributed by atoms with van der Waals surface area (Å²) in [4.78, 5) is 30.7. The first-order valence-electron chi connectivity index (χ1n) is 8.14. The molecular weight excluding hydrogens is 346 g/mol. The third-order valence-electron chi connectivity index (χ3n) is 4.23. The maximum absolute atomic E-state index is 13.4. The molecule has 0 aliphatic rings. The number of rotatable bonds is 4. The van der Waals surface area contributed by atoms with Crippen molar-refractivity contribution >= 4 is 28.9 Å². The SMILES string of the molecule is Cn1ncc(C(=O)O)c1C(=O)N(c1ccccc1)c1ccn2ccnc2c1. The molecule has 0 radical (unpaired) electrons. The van der Waals surface area contributed by atoms with E-state index in [2.05, 4.69) is 10.1 Å². The van der Waals surface area contributed by atoms with Crippen LogP contribution < -0.4 is 4.90 Å². The fourth-order valence-corrected chi connectivity index (χ4v) is 2.95. The summed E-state index contributed by atoms with van der Waals surface area (Å²) in [6.07, 6.45) is 6.44. The second-order valence-electron chi connectivity index (χ2n) is 5.89. The molecule has 4 aromatic rings. The number of carbonyl (C=O) groups is 2. The van der Waals surface area contributed by atoms with Crippen molar-refractivity contribution in [3.8, 4) is 0 Å². The Bertz CT molecular complexity index is 1150. The molecule has 3 aromatic heterocycles. The van der Waals surface area contributed by atoms with Crippen molar-refractivity contribution in [1.29, 1.82) is 0 Å². The first-order valence-corrected chi connectivity index (χ1v) is 8.14. The highest BCUT2D eigenvalue weighted by Crippen LogP contribution is 2.29. The lowest BCUT2D eigenvalue weighted by molar-refractivity contribution is 0.0691. The Labute approximate surface area is 153 Å². The van der Waals surface area contributed by atoms with Gasteiger partial charge in [-0.1, -0.05) is 18.2 Å². The highest BCUT2D eigenvalue weighted by molar-refractivity contribution is 6.14. The van der Waals surface area contributed by atoms with Crippen molar-refractivity contribution < 1.29 is 14.7 Å². The summed E-state index contributed by atoms with van der Waals surface area (Å²) >= 11 is 0. The third kappa shape index (κ3) is 2.82. The smallest absolute Gasteiger partial charge is 0.339 e. The predicted molar refractivity (Wildman–Crippen MR) is 98.3 cm³/mol. The number of anilines is 2. The number of aromatic nitrogens is 4. The maximum Gasteiger partial charge on any atom is 0.339 e. The van der Waals surface area contributed by atoms with Gasteiger partial charge < -0.3 is 9.51 Å². The molecule has 0 saturated carbocycles. The summed E-state index contributed by atoms with van der Waals surface area (Å²) in [7, 11) is 1.54. The lowest BCUT2D eigenvalue weighted by Gasteiger charge is -2.23. The molecule has 0 spiro atoms. The molecule has 1 amide bonds. The molecule has 0 aliphatic heterocycles. The Morgan fingerprint density at radius 2 is 1.85 bits per heavy atom. The average Bonchev–Trinajstić information content (AvgIpc) is 3.28. The van der Waals surface area contributed by atoms with Gasteiger partial charge in [0.1, 0.15) is 16.9 Å². The van der Waals surface area contributed by atoms with Crippen molar-refractivity contribution in [3.05, 3.63) is 78.5 Å². The second kappa shape index (κ2) is 6.41. The molecule has 0 atom stereocenters. The molecule has 8 heteroatoms. The lowest BCUT2D eigenvalue weighted by Crippen LogP contribution is -2.29. The zero-order valence-corrected chi connectivity index (χ0v) is 14.4. The van der Waals surface area contributed by atoms with E-state index < -0.39 is 11.9 Å². The van der Waals surface area contributed by atoms with E-state index in [1.165, 1.54) is 15.8 Å². The molecule has 0 unspecified atom stereocenters. The molecule has 27 heavy (non-hydrogen) atoms. The van der Waals surface area contributed by atoms with Crippen molar-refractivity contribution in [1.82, 2.24) is 19.2 Å². The van der Waals surface area contributed by atoms with Crippen molar-refractivity contribution in [2.75, 3.05) is 4.90 Å². The quantitative estimate of drug-likeness (QED) is 0.603. The number of carboxylic acid groups (broad SMARTS) is 1. The van der Waals surface area contributed by atoms with Crippen LogP contribution in [0.5, 0.6) is 0 Å². The van der Waals surface area contributed by atoms with Gasteiger partial charge in [-0.05, 0) is 18.2 Å². The lowest BCUT2D eigenvalue weighted by atomic mass is 10.2. The highest BCUT2D eigenvalue weighted by atomic mass is 16.4. The van der Waals surface area contributed by atoms with Gasteiger partial charge in [-0.25, -0.2) is 9.78 Å². The molecule has 0 fully saturated rings. The summed E-state index contributed by atoms with van der Waals surface area (Å²) in [5, 5.41) is 13.4. The van der Waals surface area contributed by atoms with Crippen LogP contribution in [0.15, 0.2) is 67.3 Å². The topological polar surface area (TPSA) is 92.7 Å². The second-order valence-corrected chi connectivity index (χ2v) is 5.89. The number of benzene rings is 1. The molecular formula is C19H15N5O3. The molecule has 0 aliphatic carbocycles. The van der Waals surface area contributed by atoms with Gasteiger partial charge in [-0.15, -0.1) is 0 Å². The summed E-state index contributed by atoms with van der Waals surface area (Å²) < 4.78 is 3.10. The Balaban J connectivity index is 1.90. The van der Waals surface area contributed by atoms with Crippen molar-refractivity contribution in [2.45, 2.75) is 0 Å². The minimum absolute atomic E-state index is 0.00503. The van der Waals surface area contributed by atoms with Crippen LogP contribution in [0, 0.1) is 0 Å². The normalized spacial score (nSPS) is 10.9. The van der Waals surface area contributed by atoms with E-state index in [1.807, 2.05) is 22.6 Å². The van der Waals surface area contributed by atoms with E-state index in [0.29, 0.717) is 17.0 Å². The Kier molecular flexibility index (Phi) is 3.92. The number of amides is 1. The minimum Gasteiger partial charge on any atom is -0.478 e. The molecule has 1 aromatic carbocycles.